The van der Waals surface area contributed by atoms with Crippen LogP contribution >= 0.6 is 0 Å². The van der Waals surface area contributed by atoms with Gasteiger partial charge in [0.2, 0.25) is 0 Å². The lowest BCUT2D eigenvalue weighted by atomic mass is 9.90. The summed E-state index contributed by atoms with van der Waals surface area (Å²) >= 11 is 0. The van der Waals surface area contributed by atoms with Crippen molar-refractivity contribution in [3.63, 3.8) is 0 Å². The molecule has 0 N–H and O–H groups in total. The van der Waals surface area contributed by atoms with Gasteiger partial charge in [0.1, 0.15) is 5.69 Å². The van der Waals surface area contributed by atoms with E-state index in [1.54, 1.807) is 0 Å². The van der Waals surface area contributed by atoms with E-state index in [0.717, 1.165) is 38.2 Å². The molecule has 0 bridgehead atoms. The van der Waals surface area contributed by atoms with Crippen molar-refractivity contribution in [1.29, 1.82) is 0 Å². The van der Waals surface area contributed by atoms with Crippen molar-refractivity contribution >= 4 is 64.6 Å². The molecule has 9 aromatic carbocycles. The molecular weight excluding hydrogens is 657 g/mol. The van der Waals surface area contributed by atoms with Crippen molar-refractivity contribution < 1.29 is 0 Å². The molecule has 0 aliphatic carbocycles. The number of hydrogen-bond acceptors (Lipinski definition) is 4. The van der Waals surface area contributed by atoms with E-state index in [-0.39, 0.29) is 0 Å². The van der Waals surface area contributed by atoms with Crippen LogP contribution in [0, 0.1) is 0 Å². The van der Waals surface area contributed by atoms with Crippen molar-refractivity contribution in [2.45, 2.75) is 0 Å². The summed E-state index contributed by atoms with van der Waals surface area (Å²) in [6.07, 6.45) is 1.92. The van der Waals surface area contributed by atoms with Crippen LogP contribution in [0.4, 0.5) is 0 Å². The zero-order valence-corrected chi connectivity index (χ0v) is 29.1. The second kappa shape index (κ2) is 12.1. The Morgan fingerprint density at radius 2 is 0.815 bits per heavy atom. The molecule has 4 nitrogen and oxygen atoms in total. The van der Waals surface area contributed by atoms with Gasteiger partial charge >= 0.3 is 0 Å². The molecular formula is C50H30N4. The highest BCUT2D eigenvalue weighted by Gasteiger charge is 2.18. The number of pyridine rings is 1. The van der Waals surface area contributed by atoms with Gasteiger partial charge in [-0.1, -0.05) is 158 Å². The van der Waals surface area contributed by atoms with Gasteiger partial charge in [0.05, 0.1) is 0 Å². The predicted molar refractivity (Wildman–Crippen MR) is 224 cm³/mol. The Labute approximate surface area is 311 Å². The van der Waals surface area contributed by atoms with Crippen LogP contribution in [0.3, 0.4) is 0 Å². The maximum absolute atomic E-state index is 5.16. The lowest BCUT2D eigenvalue weighted by Gasteiger charge is -2.15. The molecule has 4 heteroatoms. The first-order valence-corrected chi connectivity index (χ1v) is 18.2. The molecule has 2 heterocycles. The van der Waals surface area contributed by atoms with Crippen LogP contribution in [-0.2, 0) is 0 Å². The molecule has 0 atom stereocenters. The molecule has 250 valence electrons. The Bertz CT molecular complexity index is 3240. The number of nitrogens with zero attached hydrogens (tertiary/aromatic N) is 4. The summed E-state index contributed by atoms with van der Waals surface area (Å²) in [6.45, 7) is 0. The first-order valence-electron chi connectivity index (χ1n) is 18.2. The second-order valence-electron chi connectivity index (χ2n) is 13.8. The Morgan fingerprint density at radius 3 is 1.56 bits per heavy atom. The average Bonchev–Trinajstić information content (AvgIpc) is 3.26. The van der Waals surface area contributed by atoms with E-state index in [1.165, 1.54) is 48.7 Å². The smallest absolute Gasteiger partial charge is 0.182 e. The highest BCUT2D eigenvalue weighted by atomic mass is 15.0. The molecule has 0 unspecified atom stereocenters. The van der Waals surface area contributed by atoms with Gasteiger partial charge in [0, 0.05) is 22.7 Å². The van der Waals surface area contributed by atoms with Crippen molar-refractivity contribution in [3.05, 3.63) is 182 Å². The predicted octanol–water partition coefficient (Wildman–Crippen LogP) is 12.9. The normalized spacial score (nSPS) is 11.7. The Balaban J connectivity index is 1.11. The van der Waals surface area contributed by atoms with Crippen LogP contribution in [0.25, 0.3) is 110 Å². The van der Waals surface area contributed by atoms with Gasteiger partial charge in [0.25, 0.3) is 0 Å². The molecule has 54 heavy (non-hydrogen) atoms. The zero-order chi connectivity index (χ0) is 35.6. The van der Waals surface area contributed by atoms with Crippen molar-refractivity contribution in [1.82, 2.24) is 19.9 Å². The third-order valence-electron chi connectivity index (χ3n) is 10.7. The Kier molecular flexibility index (Phi) is 6.82. The highest BCUT2D eigenvalue weighted by Crippen LogP contribution is 2.40. The minimum absolute atomic E-state index is 0.537. The van der Waals surface area contributed by atoms with E-state index in [9.17, 15) is 0 Å². The lowest BCUT2D eigenvalue weighted by molar-refractivity contribution is 1.06. The quantitative estimate of drug-likeness (QED) is 0.173. The van der Waals surface area contributed by atoms with Gasteiger partial charge < -0.3 is 0 Å². The molecule has 0 aliphatic rings. The minimum Gasteiger partial charge on any atom is -0.252 e. The second-order valence-corrected chi connectivity index (χ2v) is 13.8. The van der Waals surface area contributed by atoms with E-state index in [0.29, 0.717) is 23.2 Å². The summed E-state index contributed by atoms with van der Waals surface area (Å²) in [5.74, 6) is 1.75. The van der Waals surface area contributed by atoms with Gasteiger partial charge in [-0.05, 0) is 88.6 Å². The summed E-state index contributed by atoms with van der Waals surface area (Å²) in [5, 5.41) is 14.4. The van der Waals surface area contributed by atoms with Crippen LogP contribution in [0.15, 0.2) is 182 Å². The summed E-state index contributed by atoms with van der Waals surface area (Å²) in [6, 6.07) is 62.2. The molecule has 0 fully saturated rings. The maximum Gasteiger partial charge on any atom is 0.182 e. The fourth-order valence-corrected chi connectivity index (χ4v) is 8.17. The zero-order valence-electron chi connectivity index (χ0n) is 29.1. The minimum atomic E-state index is 0.537. The van der Waals surface area contributed by atoms with Crippen LogP contribution in [0.1, 0.15) is 0 Å². The largest absolute Gasteiger partial charge is 0.252 e. The summed E-state index contributed by atoms with van der Waals surface area (Å²) in [7, 11) is 0. The molecule has 0 saturated heterocycles. The van der Waals surface area contributed by atoms with E-state index < -0.39 is 0 Å². The fraction of sp³-hybridized carbons (Fsp3) is 0. The molecule has 0 saturated carbocycles. The van der Waals surface area contributed by atoms with Crippen molar-refractivity contribution in [2.75, 3.05) is 0 Å². The van der Waals surface area contributed by atoms with Gasteiger partial charge in [0.15, 0.2) is 17.5 Å². The van der Waals surface area contributed by atoms with Crippen LogP contribution < -0.4 is 0 Å². The monoisotopic (exact) mass is 686 g/mol. The van der Waals surface area contributed by atoms with E-state index in [2.05, 4.69) is 146 Å². The third-order valence-corrected chi connectivity index (χ3v) is 10.7. The maximum atomic E-state index is 5.16. The molecule has 0 spiro atoms. The molecule has 0 radical (unpaired) electrons. The molecule has 11 aromatic rings. The highest BCUT2D eigenvalue weighted by molar-refractivity contribution is 6.26. The van der Waals surface area contributed by atoms with Crippen LogP contribution in [0.2, 0.25) is 0 Å². The molecule has 0 aliphatic heterocycles. The topological polar surface area (TPSA) is 51.6 Å². The van der Waals surface area contributed by atoms with Gasteiger partial charge in [-0.2, -0.15) is 0 Å². The van der Waals surface area contributed by atoms with Crippen LogP contribution in [-0.4, -0.2) is 19.9 Å². The summed E-state index contributed by atoms with van der Waals surface area (Å²) < 4.78 is 0. The third kappa shape index (κ3) is 4.85. The van der Waals surface area contributed by atoms with Crippen molar-refractivity contribution in [3.8, 4) is 45.4 Å². The number of aromatic nitrogens is 4. The first-order chi connectivity index (χ1) is 26.8. The van der Waals surface area contributed by atoms with Gasteiger partial charge in [-0.25, -0.2) is 15.0 Å². The molecule has 0 amide bonds. The number of fused-ring (bicyclic) bond motifs is 10. The molecule has 2 aromatic heterocycles. The van der Waals surface area contributed by atoms with Crippen LogP contribution in [0.5, 0.6) is 0 Å². The van der Waals surface area contributed by atoms with E-state index >= 15 is 0 Å². The standard InChI is InChI=1S/C50H30N4/c1-2-13-32(14-3-1)48-52-49(54-50(53-48)47-29-45-34(30-51-47)23-22-31-12-4-5-15-35(31)45)44-27-26-36(37-16-6-10-20-41(37)44)33-24-25-43-40-19-8-7-17-38(40)39-18-9-11-21-42(39)46(43)28-33/h1-30H. The Hall–Kier alpha value is -7.30. The van der Waals surface area contributed by atoms with Gasteiger partial charge in [-0.15, -0.1) is 0 Å². The van der Waals surface area contributed by atoms with Gasteiger partial charge in [-0.3, -0.25) is 4.98 Å². The first kappa shape index (κ1) is 30.3. The van der Waals surface area contributed by atoms with E-state index in [4.69, 9.17) is 19.9 Å². The number of hydrogen-bond donors (Lipinski definition) is 0. The summed E-state index contributed by atoms with van der Waals surface area (Å²) in [5.41, 5.74) is 4.90. The average molecular weight is 687 g/mol. The number of benzene rings is 9. The Morgan fingerprint density at radius 1 is 0.278 bits per heavy atom. The molecule has 11 rings (SSSR count). The van der Waals surface area contributed by atoms with Crippen molar-refractivity contribution in [2.24, 2.45) is 0 Å². The fourth-order valence-electron chi connectivity index (χ4n) is 8.17. The van der Waals surface area contributed by atoms with E-state index in [1.807, 2.05) is 36.5 Å². The SMILES string of the molecule is c1ccc(-c2nc(-c3cc4c(ccc5ccccc54)cn3)nc(-c3ccc(-c4ccc5c6ccccc6c6ccccc6c5c4)c4ccccc34)n2)cc1. The number of rotatable bonds is 4. The summed E-state index contributed by atoms with van der Waals surface area (Å²) in [4.78, 5) is 20.2. The lowest BCUT2D eigenvalue weighted by Crippen LogP contribution is -2.01.